The Labute approximate surface area is 169 Å². The number of aromatic nitrogens is 2. The summed E-state index contributed by atoms with van der Waals surface area (Å²) in [4.78, 5) is 23.1. The number of hydrogen-bond acceptors (Lipinski definition) is 6. The van der Waals surface area contributed by atoms with E-state index < -0.39 is 0 Å². The number of carbonyl (C=O) groups is 1. The molecule has 1 aliphatic rings. The lowest BCUT2D eigenvalue weighted by atomic mass is 10.1. The minimum Gasteiger partial charge on any atom is -0.497 e. The van der Waals surface area contributed by atoms with E-state index in [-0.39, 0.29) is 12.0 Å². The van der Waals surface area contributed by atoms with Crippen molar-refractivity contribution in [2.24, 2.45) is 0 Å². The molecule has 27 heavy (non-hydrogen) atoms. The zero-order valence-electron chi connectivity index (χ0n) is 14.7. The molecule has 0 unspecified atom stereocenters. The molecule has 4 rings (SSSR count). The van der Waals surface area contributed by atoms with Gasteiger partial charge in [0.15, 0.2) is 0 Å². The number of halogens is 1. The summed E-state index contributed by atoms with van der Waals surface area (Å²) >= 11 is 4.89. The van der Waals surface area contributed by atoms with Crippen LogP contribution < -0.4 is 9.47 Å². The third-order valence-corrected chi connectivity index (χ3v) is 5.88. The fourth-order valence-corrected chi connectivity index (χ4v) is 4.32. The summed E-state index contributed by atoms with van der Waals surface area (Å²) in [6.45, 7) is 1.32. The van der Waals surface area contributed by atoms with Crippen LogP contribution in [-0.4, -0.2) is 47.1 Å². The maximum absolute atomic E-state index is 12.6. The van der Waals surface area contributed by atoms with Crippen LogP contribution in [0.2, 0.25) is 0 Å². The van der Waals surface area contributed by atoms with E-state index >= 15 is 0 Å². The summed E-state index contributed by atoms with van der Waals surface area (Å²) in [6, 6.07) is 7.62. The maximum atomic E-state index is 12.6. The molecule has 0 atom stereocenters. The predicted octanol–water partition coefficient (Wildman–Crippen LogP) is 4.15. The first-order chi connectivity index (χ1) is 13.1. The van der Waals surface area contributed by atoms with Crippen LogP contribution in [0, 0.1) is 0 Å². The molecule has 3 heterocycles. The molecule has 1 saturated heterocycles. The third-order valence-electron chi connectivity index (χ3n) is 4.52. The normalized spacial score (nSPS) is 15.1. The summed E-state index contributed by atoms with van der Waals surface area (Å²) in [5.41, 5.74) is 1.48. The van der Waals surface area contributed by atoms with Crippen molar-refractivity contribution in [3.8, 4) is 10.9 Å². The molecule has 0 N–H and O–H groups in total. The Hall–Kier alpha value is -2.19. The second-order valence-electron chi connectivity index (χ2n) is 6.31. The zero-order chi connectivity index (χ0) is 18.8. The number of pyridine rings is 1. The second kappa shape index (κ2) is 7.82. The maximum Gasteiger partial charge on any atom is 0.274 e. The molecule has 0 spiro atoms. The van der Waals surface area contributed by atoms with Gasteiger partial charge in [-0.3, -0.25) is 9.78 Å². The highest BCUT2D eigenvalue weighted by molar-refractivity contribution is 9.10. The van der Waals surface area contributed by atoms with E-state index in [0.717, 1.165) is 33.3 Å². The van der Waals surface area contributed by atoms with Crippen LogP contribution in [0.25, 0.3) is 10.2 Å². The SMILES string of the molecule is COc1ccc2sc(OC3CCN(C(=O)c4cncc(Br)c4)CC3)nc2c1. The van der Waals surface area contributed by atoms with Crippen molar-refractivity contribution in [2.75, 3.05) is 20.2 Å². The van der Waals surface area contributed by atoms with E-state index in [2.05, 4.69) is 25.9 Å². The lowest BCUT2D eigenvalue weighted by Crippen LogP contribution is -2.41. The topological polar surface area (TPSA) is 64.6 Å². The summed E-state index contributed by atoms with van der Waals surface area (Å²) in [5.74, 6) is 0.794. The number of amides is 1. The highest BCUT2D eigenvalue weighted by Gasteiger charge is 2.25. The molecule has 2 aromatic heterocycles. The first kappa shape index (κ1) is 18.2. The Morgan fingerprint density at radius 1 is 1.26 bits per heavy atom. The van der Waals surface area contributed by atoms with Gasteiger partial charge < -0.3 is 14.4 Å². The third kappa shape index (κ3) is 4.06. The smallest absolute Gasteiger partial charge is 0.274 e. The van der Waals surface area contributed by atoms with Crippen LogP contribution in [0.15, 0.2) is 41.1 Å². The van der Waals surface area contributed by atoms with Gasteiger partial charge in [-0.2, -0.15) is 0 Å². The summed E-state index contributed by atoms with van der Waals surface area (Å²) in [5, 5.41) is 0.666. The number of rotatable bonds is 4. The number of piperidine rings is 1. The van der Waals surface area contributed by atoms with E-state index in [0.29, 0.717) is 23.8 Å². The molecular weight excluding hydrogens is 430 g/mol. The molecule has 0 bridgehead atoms. The highest BCUT2D eigenvalue weighted by Crippen LogP contribution is 2.32. The first-order valence-electron chi connectivity index (χ1n) is 8.63. The quantitative estimate of drug-likeness (QED) is 0.600. The molecule has 3 aromatic rings. The van der Waals surface area contributed by atoms with Crippen molar-refractivity contribution in [2.45, 2.75) is 18.9 Å². The minimum atomic E-state index is 0.00864. The summed E-state index contributed by atoms with van der Waals surface area (Å²) in [7, 11) is 1.64. The largest absolute Gasteiger partial charge is 0.497 e. The van der Waals surface area contributed by atoms with Gasteiger partial charge in [-0.25, -0.2) is 4.98 Å². The Balaban J connectivity index is 1.37. The van der Waals surface area contributed by atoms with E-state index in [1.807, 2.05) is 23.1 Å². The Kier molecular flexibility index (Phi) is 5.27. The van der Waals surface area contributed by atoms with Gasteiger partial charge in [0.25, 0.3) is 11.1 Å². The van der Waals surface area contributed by atoms with Crippen molar-refractivity contribution in [3.05, 3.63) is 46.7 Å². The van der Waals surface area contributed by atoms with Crippen molar-refractivity contribution in [3.63, 3.8) is 0 Å². The van der Waals surface area contributed by atoms with Crippen molar-refractivity contribution in [1.29, 1.82) is 0 Å². The number of hydrogen-bond donors (Lipinski definition) is 0. The van der Waals surface area contributed by atoms with Gasteiger partial charge in [0, 0.05) is 48.9 Å². The minimum absolute atomic E-state index is 0.00864. The fraction of sp³-hybridized carbons (Fsp3) is 0.316. The van der Waals surface area contributed by atoms with Crippen LogP contribution >= 0.6 is 27.3 Å². The van der Waals surface area contributed by atoms with Crippen molar-refractivity contribution in [1.82, 2.24) is 14.9 Å². The van der Waals surface area contributed by atoms with Crippen LogP contribution in [0.1, 0.15) is 23.2 Å². The Morgan fingerprint density at radius 3 is 2.81 bits per heavy atom. The van der Waals surface area contributed by atoms with E-state index in [1.165, 1.54) is 11.3 Å². The predicted molar refractivity (Wildman–Crippen MR) is 108 cm³/mol. The molecule has 140 valence electrons. The first-order valence-corrected chi connectivity index (χ1v) is 10.2. The van der Waals surface area contributed by atoms with Gasteiger partial charge in [0.1, 0.15) is 11.9 Å². The van der Waals surface area contributed by atoms with Crippen LogP contribution in [0.4, 0.5) is 0 Å². The molecule has 1 aromatic carbocycles. The Morgan fingerprint density at radius 2 is 2.07 bits per heavy atom. The van der Waals surface area contributed by atoms with Gasteiger partial charge in [-0.1, -0.05) is 11.3 Å². The second-order valence-corrected chi connectivity index (χ2v) is 8.22. The van der Waals surface area contributed by atoms with Gasteiger partial charge in [-0.05, 0) is 34.1 Å². The number of benzene rings is 1. The van der Waals surface area contributed by atoms with Gasteiger partial charge in [-0.15, -0.1) is 0 Å². The number of thiazole rings is 1. The lowest BCUT2D eigenvalue weighted by Gasteiger charge is -2.31. The average Bonchev–Trinajstić information content (AvgIpc) is 3.09. The van der Waals surface area contributed by atoms with E-state index in [1.54, 1.807) is 25.6 Å². The molecule has 1 amide bonds. The Bertz CT molecular complexity index is 970. The van der Waals surface area contributed by atoms with Crippen LogP contribution in [0.5, 0.6) is 10.9 Å². The number of fused-ring (bicyclic) bond motifs is 1. The van der Waals surface area contributed by atoms with Gasteiger partial charge >= 0.3 is 0 Å². The summed E-state index contributed by atoms with van der Waals surface area (Å²) < 4.78 is 13.2. The molecule has 1 fully saturated rings. The van der Waals surface area contributed by atoms with Gasteiger partial charge in [0.05, 0.1) is 22.9 Å². The van der Waals surface area contributed by atoms with Crippen molar-refractivity contribution >= 4 is 43.4 Å². The number of ether oxygens (including phenoxy) is 2. The number of nitrogens with zero attached hydrogens (tertiary/aromatic N) is 3. The fourth-order valence-electron chi connectivity index (χ4n) is 3.09. The molecule has 1 aliphatic heterocycles. The highest BCUT2D eigenvalue weighted by atomic mass is 79.9. The monoisotopic (exact) mass is 447 g/mol. The van der Waals surface area contributed by atoms with Crippen LogP contribution in [0.3, 0.4) is 0 Å². The van der Waals surface area contributed by atoms with Crippen LogP contribution in [-0.2, 0) is 0 Å². The molecule has 8 heteroatoms. The average molecular weight is 448 g/mol. The van der Waals surface area contributed by atoms with E-state index in [9.17, 15) is 4.79 Å². The number of carbonyl (C=O) groups excluding carboxylic acids is 1. The lowest BCUT2D eigenvalue weighted by molar-refractivity contribution is 0.0595. The molecule has 0 saturated carbocycles. The molecule has 6 nitrogen and oxygen atoms in total. The molecular formula is C19H18BrN3O3S. The standard InChI is InChI=1S/C19H18BrN3O3S/c1-25-15-2-3-17-16(9-15)22-19(27-17)26-14-4-6-23(7-5-14)18(24)12-8-13(20)11-21-10-12/h2-3,8-11,14H,4-7H2,1H3. The molecule has 0 radical (unpaired) electrons. The number of likely N-dealkylation sites (tertiary alicyclic amines) is 1. The zero-order valence-corrected chi connectivity index (χ0v) is 17.1. The van der Waals surface area contributed by atoms with Crippen molar-refractivity contribution < 1.29 is 14.3 Å². The van der Waals surface area contributed by atoms with Gasteiger partial charge in [0.2, 0.25) is 0 Å². The number of methoxy groups -OCH3 is 1. The van der Waals surface area contributed by atoms with E-state index in [4.69, 9.17) is 9.47 Å². The molecule has 0 aliphatic carbocycles. The summed E-state index contributed by atoms with van der Waals surface area (Å²) in [6.07, 6.45) is 4.91.